The van der Waals surface area contributed by atoms with Gasteiger partial charge in [0.2, 0.25) is 5.91 Å². The van der Waals surface area contributed by atoms with Crippen molar-refractivity contribution in [2.75, 3.05) is 16.9 Å². The van der Waals surface area contributed by atoms with Gasteiger partial charge < -0.3 is 10.6 Å². The van der Waals surface area contributed by atoms with Crippen LogP contribution in [-0.4, -0.2) is 36.0 Å². The molecular formula is C23H19ClF3N3O5S. The fourth-order valence-corrected chi connectivity index (χ4v) is 2.66. The molecule has 0 saturated heterocycles. The van der Waals surface area contributed by atoms with E-state index in [0.29, 0.717) is 22.7 Å². The molecule has 0 bridgehead atoms. The van der Waals surface area contributed by atoms with Gasteiger partial charge in [-0.3, -0.25) is 14.1 Å². The second-order valence-electron chi connectivity index (χ2n) is 7.08. The average Bonchev–Trinajstić information content (AvgIpc) is 2.78. The number of amides is 2. The molecule has 0 atom stereocenters. The van der Waals surface area contributed by atoms with Crippen molar-refractivity contribution in [1.82, 2.24) is 4.98 Å². The van der Waals surface area contributed by atoms with Gasteiger partial charge >= 0.3 is 6.18 Å². The maximum atomic E-state index is 12.8. The minimum atomic E-state index is -4.51. The van der Waals surface area contributed by atoms with E-state index < -0.39 is 33.7 Å². The van der Waals surface area contributed by atoms with E-state index in [9.17, 15) is 31.2 Å². The van der Waals surface area contributed by atoms with E-state index in [-0.39, 0.29) is 11.3 Å². The van der Waals surface area contributed by atoms with Crippen LogP contribution in [-0.2, 0) is 21.1 Å². The molecule has 3 aromatic rings. The van der Waals surface area contributed by atoms with Gasteiger partial charge in [-0.1, -0.05) is 29.8 Å². The predicted octanol–water partition coefficient (Wildman–Crippen LogP) is 5.16. The lowest BCUT2D eigenvalue weighted by molar-refractivity contribution is -0.137. The molecule has 3 N–H and O–H groups in total. The Morgan fingerprint density at radius 2 is 1.69 bits per heavy atom. The van der Waals surface area contributed by atoms with Gasteiger partial charge in [-0.25, -0.2) is 4.98 Å². The topological polar surface area (TPSA) is 125 Å². The Labute approximate surface area is 209 Å². The molecule has 0 aliphatic heterocycles. The van der Waals surface area contributed by atoms with E-state index in [0.717, 1.165) is 12.1 Å². The predicted molar refractivity (Wildman–Crippen MR) is 130 cm³/mol. The summed E-state index contributed by atoms with van der Waals surface area (Å²) in [7, 11) is -3.67. The number of rotatable bonds is 5. The molecule has 0 fully saturated rings. The molecule has 0 radical (unpaired) electrons. The summed E-state index contributed by atoms with van der Waals surface area (Å²) in [6.07, 6.45) is 0.361. The number of hydrogen-bond acceptors (Lipinski definition) is 5. The summed E-state index contributed by atoms with van der Waals surface area (Å²) in [6.45, 7) is 0. The number of halogens is 4. The van der Waals surface area contributed by atoms with Crippen molar-refractivity contribution in [2.45, 2.75) is 6.18 Å². The highest BCUT2D eigenvalue weighted by molar-refractivity contribution is 7.85. The Morgan fingerprint density at radius 1 is 1.03 bits per heavy atom. The van der Waals surface area contributed by atoms with Crippen LogP contribution < -0.4 is 10.6 Å². The summed E-state index contributed by atoms with van der Waals surface area (Å²) in [4.78, 5) is 28.4. The number of carbonyl (C=O) groups excluding carboxylic acids is 2. The largest absolute Gasteiger partial charge is 0.416 e. The molecule has 0 saturated carbocycles. The maximum absolute atomic E-state index is 12.8. The van der Waals surface area contributed by atoms with Crippen molar-refractivity contribution in [3.8, 4) is 0 Å². The summed E-state index contributed by atoms with van der Waals surface area (Å²) in [6, 6.07) is 13.8. The Hall–Kier alpha value is -3.74. The van der Waals surface area contributed by atoms with Crippen LogP contribution in [0.4, 0.5) is 24.7 Å². The minimum Gasteiger partial charge on any atom is -0.322 e. The monoisotopic (exact) mass is 541 g/mol. The molecule has 3 rings (SSSR count). The van der Waals surface area contributed by atoms with Crippen molar-refractivity contribution in [3.05, 3.63) is 94.6 Å². The van der Waals surface area contributed by atoms with Gasteiger partial charge in [-0.2, -0.15) is 21.6 Å². The Kier molecular flexibility index (Phi) is 9.73. The minimum absolute atomic E-state index is 0.0237. The van der Waals surface area contributed by atoms with E-state index in [1.807, 2.05) is 0 Å². The lowest BCUT2D eigenvalue weighted by Crippen LogP contribution is -2.13. The molecular weight excluding hydrogens is 523 g/mol. The van der Waals surface area contributed by atoms with Crippen molar-refractivity contribution >= 4 is 51.1 Å². The number of aromatic nitrogens is 1. The second-order valence-corrected chi connectivity index (χ2v) is 8.98. The van der Waals surface area contributed by atoms with Gasteiger partial charge in [0.1, 0.15) is 5.82 Å². The molecule has 1 heterocycles. The Morgan fingerprint density at radius 3 is 2.31 bits per heavy atom. The number of nitrogens with zero attached hydrogens (tertiary/aromatic N) is 1. The van der Waals surface area contributed by atoms with Crippen LogP contribution in [0.1, 0.15) is 21.5 Å². The Bertz CT molecular complexity index is 1350. The number of alkyl halides is 3. The standard InChI is InChI=1S/C22H15ClF3N3O2.CH4O3S/c23-17-8-9-19(27-13-17)29-20(30)10-7-14-3-1-4-15(11-14)21(31)28-18-6-2-5-16(12-18)22(24,25)26;1-5(2,3)4/h1-13H,(H,28,31)(H,27,29,30);1H3,(H,2,3,4)/b10-7+;. The molecule has 0 aliphatic carbocycles. The van der Waals surface area contributed by atoms with Crippen LogP contribution in [0.3, 0.4) is 0 Å². The van der Waals surface area contributed by atoms with Crippen LogP contribution in [0, 0.1) is 0 Å². The first kappa shape index (κ1) is 28.5. The molecule has 190 valence electrons. The number of pyridine rings is 1. The normalized spacial score (nSPS) is 11.4. The van der Waals surface area contributed by atoms with Crippen LogP contribution in [0.25, 0.3) is 6.08 Å². The van der Waals surface area contributed by atoms with E-state index in [4.69, 9.17) is 16.2 Å². The zero-order valence-corrected chi connectivity index (χ0v) is 20.0. The fraction of sp³-hybridized carbons (Fsp3) is 0.0870. The number of benzene rings is 2. The smallest absolute Gasteiger partial charge is 0.322 e. The quantitative estimate of drug-likeness (QED) is 0.302. The van der Waals surface area contributed by atoms with E-state index in [1.165, 1.54) is 42.6 Å². The van der Waals surface area contributed by atoms with Gasteiger partial charge in [-0.15, -0.1) is 0 Å². The molecule has 8 nitrogen and oxygen atoms in total. The maximum Gasteiger partial charge on any atom is 0.416 e. The highest BCUT2D eigenvalue weighted by Crippen LogP contribution is 2.30. The highest BCUT2D eigenvalue weighted by atomic mass is 35.5. The second kappa shape index (κ2) is 12.3. The van der Waals surface area contributed by atoms with E-state index in [2.05, 4.69) is 15.6 Å². The first-order valence-corrected chi connectivity index (χ1v) is 12.0. The van der Waals surface area contributed by atoms with Crippen molar-refractivity contribution < 1.29 is 35.7 Å². The first-order chi connectivity index (χ1) is 16.7. The lowest BCUT2D eigenvalue weighted by Gasteiger charge is -2.10. The highest BCUT2D eigenvalue weighted by Gasteiger charge is 2.30. The number of nitrogens with one attached hydrogen (secondary N) is 2. The van der Waals surface area contributed by atoms with Crippen molar-refractivity contribution in [3.63, 3.8) is 0 Å². The van der Waals surface area contributed by atoms with Crippen LogP contribution in [0.5, 0.6) is 0 Å². The molecule has 0 unspecified atom stereocenters. The number of hydrogen-bond donors (Lipinski definition) is 3. The first-order valence-electron chi connectivity index (χ1n) is 9.82. The third-order valence-electron chi connectivity index (χ3n) is 4.00. The molecule has 0 spiro atoms. The third kappa shape index (κ3) is 10.7. The summed E-state index contributed by atoms with van der Waals surface area (Å²) in [5.41, 5.74) is -0.0611. The van der Waals surface area contributed by atoms with E-state index >= 15 is 0 Å². The molecule has 2 aromatic carbocycles. The lowest BCUT2D eigenvalue weighted by atomic mass is 10.1. The van der Waals surface area contributed by atoms with Gasteiger partial charge in [-0.05, 0) is 54.1 Å². The number of carbonyl (C=O) groups is 2. The van der Waals surface area contributed by atoms with Crippen LogP contribution >= 0.6 is 11.6 Å². The SMILES string of the molecule is CS(=O)(=O)O.O=C(/C=C/c1cccc(C(=O)Nc2cccc(C(F)(F)F)c2)c1)Nc1ccc(Cl)cn1. The third-order valence-corrected chi connectivity index (χ3v) is 4.23. The summed E-state index contributed by atoms with van der Waals surface area (Å²) in [5.74, 6) is -0.689. The molecule has 36 heavy (non-hydrogen) atoms. The summed E-state index contributed by atoms with van der Waals surface area (Å²) >= 11 is 5.74. The molecule has 2 amide bonds. The van der Waals surface area contributed by atoms with Gasteiger partial charge in [0, 0.05) is 23.5 Å². The molecule has 1 aromatic heterocycles. The molecule has 0 aliphatic rings. The van der Waals surface area contributed by atoms with Gasteiger partial charge in [0.15, 0.2) is 0 Å². The zero-order chi connectivity index (χ0) is 26.9. The zero-order valence-electron chi connectivity index (χ0n) is 18.5. The average molecular weight is 542 g/mol. The van der Waals surface area contributed by atoms with Crippen molar-refractivity contribution in [1.29, 1.82) is 0 Å². The molecule has 13 heteroatoms. The number of anilines is 2. The summed E-state index contributed by atoms with van der Waals surface area (Å²) < 4.78 is 64.3. The fourth-order valence-electron chi connectivity index (χ4n) is 2.55. The Balaban J connectivity index is 0.000000830. The van der Waals surface area contributed by atoms with E-state index in [1.54, 1.807) is 24.3 Å². The van der Waals surface area contributed by atoms with Crippen LogP contribution in [0.2, 0.25) is 5.02 Å². The van der Waals surface area contributed by atoms with Crippen molar-refractivity contribution in [2.24, 2.45) is 0 Å². The van der Waals surface area contributed by atoms with Crippen LogP contribution in [0.15, 0.2) is 72.9 Å². The van der Waals surface area contributed by atoms with Gasteiger partial charge in [0.05, 0.1) is 16.8 Å². The summed E-state index contributed by atoms with van der Waals surface area (Å²) in [5, 5.41) is 5.44. The van der Waals surface area contributed by atoms with Gasteiger partial charge in [0.25, 0.3) is 16.0 Å².